The van der Waals surface area contributed by atoms with Crippen molar-refractivity contribution < 1.29 is 22.8 Å². The van der Waals surface area contributed by atoms with Crippen LogP contribution in [0.4, 0.5) is 18.9 Å². The van der Waals surface area contributed by atoms with Crippen LogP contribution >= 0.6 is 0 Å². The number of aryl methyl sites for hydroxylation is 1. The molecule has 1 N–H and O–H groups in total. The number of likely N-dealkylation sites (tertiary alicyclic amines) is 1. The molecule has 0 aliphatic carbocycles. The standard InChI is InChI=1S/C16H17F3N2O2/c1-11-5-2-3-6-12(11)20-15(23)13-7-4-9-21(13)10-8-14(22)16(17,18)19/h2-3,5-6,8,10,13H,4,7,9H2,1H3,(H,20,23)/b10-8+/t13-/m1/s1. The number of carbonyl (C=O) groups is 2. The number of hydrogen-bond donors (Lipinski definition) is 1. The summed E-state index contributed by atoms with van der Waals surface area (Å²) in [5, 5.41) is 2.78. The zero-order valence-electron chi connectivity index (χ0n) is 12.6. The van der Waals surface area contributed by atoms with Gasteiger partial charge in [-0.2, -0.15) is 13.2 Å². The first-order valence-electron chi connectivity index (χ1n) is 7.20. The van der Waals surface area contributed by atoms with Gasteiger partial charge in [0.05, 0.1) is 0 Å². The normalized spacial score (nSPS) is 18.4. The first-order chi connectivity index (χ1) is 10.8. The van der Waals surface area contributed by atoms with Gasteiger partial charge in [-0.25, -0.2) is 0 Å². The highest BCUT2D eigenvalue weighted by atomic mass is 19.4. The summed E-state index contributed by atoms with van der Waals surface area (Å²) in [6, 6.07) is 6.67. The molecule has 1 amide bonds. The highest BCUT2D eigenvalue weighted by molar-refractivity contribution is 5.96. The third-order valence-corrected chi connectivity index (χ3v) is 3.70. The summed E-state index contributed by atoms with van der Waals surface area (Å²) < 4.78 is 36.6. The fourth-order valence-electron chi connectivity index (χ4n) is 2.44. The average Bonchev–Trinajstić information content (AvgIpc) is 2.94. The Morgan fingerprint density at radius 3 is 2.65 bits per heavy atom. The molecule has 0 spiro atoms. The van der Waals surface area contributed by atoms with E-state index in [0.29, 0.717) is 31.1 Å². The second kappa shape index (κ2) is 6.85. The van der Waals surface area contributed by atoms with Gasteiger partial charge in [-0.15, -0.1) is 0 Å². The van der Waals surface area contributed by atoms with Crippen molar-refractivity contribution in [3.8, 4) is 0 Å². The van der Waals surface area contributed by atoms with Gasteiger partial charge in [0.2, 0.25) is 5.91 Å². The maximum atomic E-state index is 12.3. The molecule has 0 bridgehead atoms. The SMILES string of the molecule is Cc1ccccc1NC(=O)[C@H]1CCCN1/C=C/C(=O)C(F)(F)F. The largest absolute Gasteiger partial charge is 0.454 e. The van der Waals surface area contributed by atoms with Gasteiger partial charge in [0, 0.05) is 24.5 Å². The van der Waals surface area contributed by atoms with Crippen LogP contribution in [0.2, 0.25) is 0 Å². The summed E-state index contributed by atoms with van der Waals surface area (Å²) in [5.41, 5.74) is 1.56. The number of nitrogens with zero attached hydrogens (tertiary/aromatic N) is 1. The molecular formula is C16H17F3N2O2. The Morgan fingerprint density at radius 1 is 1.30 bits per heavy atom. The van der Waals surface area contributed by atoms with Crippen molar-refractivity contribution in [2.75, 3.05) is 11.9 Å². The lowest BCUT2D eigenvalue weighted by atomic mass is 10.1. The van der Waals surface area contributed by atoms with E-state index in [2.05, 4.69) is 5.32 Å². The van der Waals surface area contributed by atoms with Gasteiger partial charge < -0.3 is 10.2 Å². The number of allylic oxidation sites excluding steroid dienone is 1. The quantitative estimate of drug-likeness (QED) is 0.865. The van der Waals surface area contributed by atoms with Crippen LogP contribution < -0.4 is 5.32 Å². The van der Waals surface area contributed by atoms with Crippen LogP contribution in [-0.2, 0) is 9.59 Å². The van der Waals surface area contributed by atoms with Gasteiger partial charge in [0.25, 0.3) is 5.78 Å². The van der Waals surface area contributed by atoms with Crippen LogP contribution in [0.1, 0.15) is 18.4 Å². The predicted octanol–water partition coefficient (Wildman–Crippen LogP) is 3.04. The lowest BCUT2D eigenvalue weighted by molar-refractivity contribution is -0.165. The molecule has 23 heavy (non-hydrogen) atoms. The number of rotatable bonds is 4. The van der Waals surface area contributed by atoms with Crippen LogP contribution in [0, 0.1) is 6.92 Å². The first-order valence-corrected chi connectivity index (χ1v) is 7.20. The maximum Gasteiger partial charge on any atom is 0.454 e. The van der Waals surface area contributed by atoms with Crippen molar-refractivity contribution >= 4 is 17.4 Å². The second-order valence-electron chi connectivity index (χ2n) is 5.38. The molecule has 0 aromatic heterocycles. The Kier molecular flexibility index (Phi) is 5.08. The van der Waals surface area contributed by atoms with Gasteiger partial charge in [-0.05, 0) is 31.4 Å². The van der Waals surface area contributed by atoms with Gasteiger partial charge in [-0.3, -0.25) is 9.59 Å². The van der Waals surface area contributed by atoms with Crippen LogP contribution in [0.15, 0.2) is 36.5 Å². The molecule has 2 rings (SSSR count). The fourth-order valence-corrected chi connectivity index (χ4v) is 2.44. The number of hydrogen-bond acceptors (Lipinski definition) is 3. The number of nitrogens with one attached hydrogen (secondary N) is 1. The van der Waals surface area contributed by atoms with Crippen LogP contribution in [-0.4, -0.2) is 35.4 Å². The highest BCUT2D eigenvalue weighted by Crippen LogP contribution is 2.22. The van der Waals surface area contributed by atoms with E-state index in [9.17, 15) is 22.8 Å². The summed E-state index contributed by atoms with van der Waals surface area (Å²) >= 11 is 0. The van der Waals surface area contributed by atoms with E-state index in [1.807, 2.05) is 19.1 Å². The fraction of sp³-hybridized carbons (Fsp3) is 0.375. The number of amides is 1. The van der Waals surface area contributed by atoms with E-state index >= 15 is 0 Å². The first kappa shape index (κ1) is 17.1. The van der Waals surface area contributed by atoms with Crippen molar-refractivity contribution in [3.05, 3.63) is 42.1 Å². The Bertz CT molecular complexity index is 626. The monoisotopic (exact) mass is 326 g/mol. The number of ketones is 1. The van der Waals surface area contributed by atoms with E-state index in [4.69, 9.17) is 0 Å². The summed E-state index contributed by atoms with van der Waals surface area (Å²) in [7, 11) is 0. The minimum Gasteiger partial charge on any atom is -0.365 e. The Morgan fingerprint density at radius 2 is 2.00 bits per heavy atom. The zero-order valence-corrected chi connectivity index (χ0v) is 12.6. The zero-order chi connectivity index (χ0) is 17.0. The van der Waals surface area contributed by atoms with Crippen LogP contribution in [0.3, 0.4) is 0 Å². The third-order valence-electron chi connectivity index (χ3n) is 3.70. The van der Waals surface area contributed by atoms with E-state index in [1.54, 1.807) is 12.1 Å². The molecule has 1 aromatic carbocycles. The number of halogens is 3. The summed E-state index contributed by atoms with van der Waals surface area (Å²) in [6.07, 6.45) is -2.15. The topological polar surface area (TPSA) is 49.4 Å². The van der Waals surface area contributed by atoms with Gasteiger partial charge in [0.1, 0.15) is 6.04 Å². The minimum atomic E-state index is -4.89. The summed E-state index contributed by atoms with van der Waals surface area (Å²) in [5.74, 6) is -2.22. The molecule has 0 unspecified atom stereocenters. The predicted molar refractivity (Wildman–Crippen MR) is 79.7 cm³/mol. The van der Waals surface area contributed by atoms with Gasteiger partial charge >= 0.3 is 6.18 Å². The van der Waals surface area contributed by atoms with Crippen molar-refractivity contribution in [3.63, 3.8) is 0 Å². The van der Waals surface area contributed by atoms with Crippen molar-refractivity contribution in [1.82, 2.24) is 4.90 Å². The molecule has 1 saturated heterocycles. The molecular weight excluding hydrogens is 309 g/mol. The van der Waals surface area contributed by atoms with Crippen LogP contribution in [0.25, 0.3) is 0 Å². The Balaban J connectivity index is 2.04. The van der Waals surface area contributed by atoms with E-state index in [0.717, 1.165) is 11.8 Å². The van der Waals surface area contributed by atoms with Crippen molar-refractivity contribution in [2.24, 2.45) is 0 Å². The summed E-state index contributed by atoms with van der Waals surface area (Å²) in [6.45, 7) is 2.29. The molecule has 1 aliphatic heterocycles. The van der Waals surface area contributed by atoms with Crippen molar-refractivity contribution in [1.29, 1.82) is 0 Å². The smallest absolute Gasteiger partial charge is 0.365 e. The molecule has 1 atom stereocenters. The summed E-state index contributed by atoms with van der Waals surface area (Å²) in [4.78, 5) is 24.7. The van der Waals surface area contributed by atoms with E-state index in [-0.39, 0.29) is 5.91 Å². The molecule has 7 heteroatoms. The minimum absolute atomic E-state index is 0.291. The number of alkyl halides is 3. The Labute approximate surface area is 132 Å². The number of para-hydroxylation sites is 1. The molecule has 124 valence electrons. The van der Waals surface area contributed by atoms with Gasteiger partial charge in [-0.1, -0.05) is 18.2 Å². The van der Waals surface area contributed by atoms with E-state index < -0.39 is 18.0 Å². The molecule has 1 fully saturated rings. The molecule has 1 aliphatic rings. The molecule has 1 heterocycles. The molecule has 0 radical (unpaired) electrons. The maximum absolute atomic E-state index is 12.3. The van der Waals surface area contributed by atoms with Gasteiger partial charge in [0.15, 0.2) is 0 Å². The molecule has 4 nitrogen and oxygen atoms in total. The lowest BCUT2D eigenvalue weighted by Gasteiger charge is -2.22. The average molecular weight is 326 g/mol. The highest BCUT2D eigenvalue weighted by Gasteiger charge is 2.37. The Hall–Kier alpha value is -2.31. The third kappa shape index (κ3) is 4.34. The van der Waals surface area contributed by atoms with E-state index in [1.165, 1.54) is 4.90 Å². The number of benzene rings is 1. The van der Waals surface area contributed by atoms with Crippen molar-refractivity contribution in [2.45, 2.75) is 32.0 Å². The number of anilines is 1. The van der Waals surface area contributed by atoms with Crippen LogP contribution in [0.5, 0.6) is 0 Å². The molecule has 1 aromatic rings. The second-order valence-corrected chi connectivity index (χ2v) is 5.38. The number of carbonyl (C=O) groups excluding carboxylic acids is 2. The lowest BCUT2D eigenvalue weighted by Crippen LogP contribution is -2.37. The molecule has 0 saturated carbocycles.